The van der Waals surface area contributed by atoms with Crippen molar-refractivity contribution in [1.82, 2.24) is 31.3 Å². The van der Waals surface area contributed by atoms with Crippen molar-refractivity contribution in [3.05, 3.63) is 0 Å². The third-order valence-corrected chi connectivity index (χ3v) is 8.53. The van der Waals surface area contributed by atoms with E-state index in [1.165, 1.54) is 38.5 Å². The first-order valence-electron chi connectivity index (χ1n) is 12.6. The van der Waals surface area contributed by atoms with Crippen LogP contribution in [0.3, 0.4) is 0 Å². The average molecular weight is 433 g/mol. The molecule has 5 rings (SSSR count). The molecule has 5 fully saturated rings. The van der Waals surface area contributed by atoms with Crippen molar-refractivity contribution in [2.75, 3.05) is 33.2 Å². The van der Waals surface area contributed by atoms with Crippen molar-refractivity contribution >= 4 is 11.8 Å². The summed E-state index contributed by atoms with van der Waals surface area (Å²) in [7, 11) is 1.92. The van der Waals surface area contributed by atoms with E-state index >= 15 is 0 Å². The highest BCUT2D eigenvalue weighted by atomic mass is 16.2. The first-order chi connectivity index (χ1) is 15.1. The van der Waals surface area contributed by atoms with Gasteiger partial charge in [-0.15, -0.1) is 0 Å². The van der Waals surface area contributed by atoms with Gasteiger partial charge in [-0.3, -0.25) is 15.0 Å². The van der Waals surface area contributed by atoms with E-state index in [0.29, 0.717) is 24.5 Å². The molecule has 0 bridgehead atoms. The predicted octanol–water partition coefficient (Wildman–Crippen LogP) is 0.201. The largest absolute Gasteiger partial charge is 0.343 e. The van der Waals surface area contributed by atoms with Gasteiger partial charge < -0.3 is 20.4 Å². The number of carbonyl (C=O) groups excluding carboxylic acids is 2. The second kappa shape index (κ2) is 9.33. The molecule has 8 nitrogen and oxygen atoms in total. The van der Waals surface area contributed by atoms with Gasteiger partial charge in [0.15, 0.2) is 0 Å². The van der Waals surface area contributed by atoms with Crippen LogP contribution in [0.15, 0.2) is 0 Å². The highest BCUT2D eigenvalue weighted by molar-refractivity contribution is 5.84. The number of nitrogens with zero attached hydrogens (tertiary/aromatic N) is 2. The topological polar surface area (TPSA) is 88.7 Å². The summed E-state index contributed by atoms with van der Waals surface area (Å²) in [5, 5.41) is 7.18. The Morgan fingerprint density at radius 1 is 1.00 bits per heavy atom. The summed E-state index contributed by atoms with van der Waals surface area (Å²) in [5.74, 6) is 1.21. The zero-order valence-electron chi connectivity index (χ0n) is 18.9. The van der Waals surface area contributed by atoms with E-state index in [2.05, 4.69) is 21.5 Å². The summed E-state index contributed by atoms with van der Waals surface area (Å²) in [6.45, 7) is 3.26. The molecular weight excluding hydrogens is 392 g/mol. The minimum absolute atomic E-state index is 0.0267. The van der Waals surface area contributed by atoms with Crippen LogP contribution >= 0.6 is 0 Å². The van der Waals surface area contributed by atoms with Crippen molar-refractivity contribution < 1.29 is 9.59 Å². The van der Waals surface area contributed by atoms with Crippen LogP contribution in [0.1, 0.15) is 57.8 Å². The van der Waals surface area contributed by atoms with Crippen LogP contribution < -0.4 is 21.5 Å². The monoisotopic (exact) mass is 432 g/mol. The molecule has 1 aliphatic carbocycles. The molecule has 7 unspecified atom stereocenters. The number of likely N-dealkylation sites (tertiary alicyclic amines) is 1. The normalized spacial score (nSPS) is 40.3. The van der Waals surface area contributed by atoms with Crippen molar-refractivity contribution in [1.29, 1.82) is 0 Å². The number of fused-ring (bicyclic) bond motifs is 2. The molecule has 7 atom stereocenters. The van der Waals surface area contributed by atoms with Gasteiger partial charge in [-0.25, -0.2) is 5.43 Å². The number of hydrazine groups is 1. The van der Waals surface area contributed by atoms with Gasteiger partial charge in [0.1, 0.15) is 6.04 Å². The number of piperidine rings is 2. The fraction of sp³-hybridized carbons (Fsp3) is 0.913. The first kappa shape index (κ1) is 21.6. The number of nitrogens with one attached hydrogen (secondary N) is 4. The molecule has 1 saturated carbocycles. The second-order valence-electron chi connectivity index (χ2n) is 10.6. The lowest BCUT2D eigenvalue weighted by atomic mass is 9.84. The van der Waals surface area contributed by atoms with Gasteiger partial charge in [-0.1, -0.05) is 19.3 Å². The molecule has 174 valence electrons. The van der Waals surface area contributed by atoms with Gasteiger partial charge in [0.05, 0.1) is 6.04 Å². The van der Waals surface area contributed by atoms with Crippen LogP contribution in [-0.4, -0.2) is 85.1 Å². The lowest BCUT2D eigenvalue weighted by Gasteiger charge is -2.38. The molecule has 0 aromatic rings. The average Bonchev–Trinajstić information content (AvgIpc) is 3.42. The number of hydrogen-bond acceptors (Lipinski definition) is 6. The Hall–Kier alpha value is -1.22. The van der Waals surface area contributed by atoms with Gasteiger partial charge in [0.2, 0.25) is 11.8 Å². The van der Waals surface area contributed by atoms with Gasteiger partial charge in [0, 0.05) is 50.7 Å². The Morgan fingerprint density at radius 3 is 2.65 bits per heavy atom. The Bertz CT molecular complexity index is 654. The summed E-state index contributed by atoms with van der Waals surface area (Å²) in [6.07, 6.45) is 10.6. The van der Waals surface area contributed by atoms with E-state index in [0.717, 1.165) is 38.9 Å². The van der Waals surface area contributed by atoms with E-state index in [1.54, 1.807) is 0 Å². The molecule has 4 saturated heterocycles. The summed E-state index contributed by atoms with van der Waals surface area (Å²) < 4.78 is 0. The SMILES string of the molecule is CN(CC1CCCCN1)C(=O)C1NNC2CCN(C(=O)C3CC4CCCCC4N3)CC21. The number of amides is 2. The van der Waals surface area contributed by atoms with E-state index < -0.39 is 0 Å². The number of likely N-dealkylation sites (N-methyl/N-ethyl adjacent to an activating group) is 1. The second-order valence-corrected chi connectivity index (χ2v) is 10.6. The van der Waals surface area contributed by atoms with Crippen LogP contribution in [0.4, 0.5) is 0 Å². The Labute approximate surface area is 186 Å². The lowest BCUT2D eigenvalue weighted by Crippen LogP contribution is -2.55. The zero-order chi connectivity index (χ0) is 21.4. The van der Waals surface area contributed by atoms with Gasteiger partial charge in [-0.2, -0.15) is 0 Å². The Morgan fingerprint density at radius 2 is 1.84 bits per heavy atom. The van der Waals surface area contributed by atoms with Crippen molar-refractivity contribution in [3.8, 4) is 0 Å². The van der Waals surface area contributed by atoms with E-state index in [-0.39, 0.29) is 35.9 Å². The quantitative estimate of drug-likeness (QED) is 0.508. The highest BCUT2D eigenvalue weighted by Crippen LogP contribution is 2.34. The highest BCUT2D eigenvalue weighted by Gasteiger charge is 2.47. The van der Waals surface area contributed by atoms with Crippen molar-refractivity contribution in [2.45, 2.75) is 88.0 Å². The minimum Gasteiger partial charge on any atom is -0.343 e. The molecule has 4 aliphatic heterocycles. The number of rotatable bonds is 4. The zero-order valence-corrected chi connectivity index (χ0v) is 18.9. The molecule has 4 heterocycles. The molecule has 4 N–H and O–H groups in total. The van der Waals surface area contributed by atoms with E-state index in [1.807, 2.05) is 16.8 Å². The Balaban J connectivity index is 1.18. The van der Waals surface area contributed by atoms with Gasteiger partial charge in [-0.05, 0) is 51.0 Å². The summed E-state index contributed by atoms with van der Waals surface area (Å²) in [4.78, 5) is 30.5. The van der Waals surface area contributed by atoms with E-state index in [9.17, 15) is 9.59 Å². The molecule has 0 radical (unpaired) electrons. The van der Waals surface area contributed by atoms with Crippen molar-refractivity contribution in [3.63, 3.8) is 0 Å². The summed E-state index contributed by atoms with van der Waals surface area (Å²) >= 11 is 0. The maximum Gasteiger partial charge on any atom is 0.241 e. The third-order valence-electron chi connectivity index (χ3n) is 8.53. The predicted molar refractivity (Wildman–Crippen MR) is 119 cm³/mol. The van der Waals surface area contributed by atoms with E-state index in [4.69, 9.17) is 0 Å². The molecule has 0 aromatic carbocycles. The summed E-state index contributed by atoms with van der Waals surface area (Å²) in [5.41, 5.74) is 6.62. The number of carbonyl (C=O) groups is 2. The third kappa shape index (κ3) is 4.49. The first-order valence-corrected chi connectivity index (χ1v) is 12.6. The van der Waals surface area contributed by atoms with Gasteiger partial charge in [0.25, 0.3) is 0 Å². The molecule has 8 heteroatoms. The van der Waals surface area contributed by atoms with Crippen molar-refractivity contribution in [2.24, 2.45) is 11.8 Å². The van der Waals surface area contributed by atoms with Crippen LogP contribution in [0.25, 0.3) is 0 Å². The Kier molecular flexibility index (Phi) is 6.51. The lowest BCUT2D eigenvalue weighted by molar-refractivity contribution is -0.138. The standard InChI is InChI=1S/C23H40N6O2/c1-28(13-16-7-4-5-10-24-16)23(31)21-17-14-29(11-9-19(17)26-27-21)22(30)20-12-15-6-2-3-8-18(15)25-20/h15-21,24-27H,2-14H2,1H3. The fourth-order valence-corrected chi connectivity index (χ4v) is 6.72. The molecule has 31 heavy (non-hydrogen) atoms. The minimum atomic E-state index is -0.256. The molecular formula is C23H40N6O2. The molecule has 5 aliphatic rings. The number of hydrogen-bond donors (Lipinski definition) is 4. The van der Waals surface area contributed by atoms with Gasteiger partial charge >= 0.3 is 0 Å². The maximum atomic E-state index is 13.3. The maximum absolute atomic E-state index is 13.3. The summed E-state index contributed by atoms with van der Waals surface area (Å²) in [6, 6.07) is 0.911. The smallest absolute Gasteiger partial charge is 0.241 e. The molecule has 2 amide bonds. The molecule has 0 aromatic heterocycles. The van der Waals surface area contributed by atoms with Crippen LogP contribution in [-0.2, 0) is 9.59 Å². The van der Waals surface area contributed by atoms with Crippen LogP contribution in [0.2, 0.25) is 0 Å². The fourth-order valence-electron chi connectivity index (χ4n) is 6.72. The molecule has 0 spiro atoms. The van der Waals surface area contributed by atoms with Crippen LogP contribution in [0, 0.1) is 11.8 Å². The van der Waals surface area contributed by atoms with Crippen LogP contribution in [0.5, 0.6) is 0 Å².